The summed E-state index contributed by atoms with van der Waals surface area (Å²) in [5.74, 6) is 4.01. The molecule has 188 valence electrons. The zero-order valence-corrected chi connectivity index (χ0v) is 21.1. The van der Waals surface area contributed by atoms with Crippen LogP contribution < -0.4 is 0 Å². The Morgan fingerprint density at radius 3 is 2.89 bits per heavy atom. The highest BCUT2D eigenvalue weighted by molar-refractivity contribution is 6.00. The minimum atomic E-state index is -0.990. The molecule has 4 fully saturated rings. The molecule has 3 aromatic heterocycles. The fourth-order valence-electron chi connectivity index (χ4n) is 8.06. The predicted molar refractivity (Wildman–Crippen MR) is 140 cm³/mol. The number of hydrogen-bond donors (Lipinski definition) is 1. The van der Waals surface area contributed by atoms with E-state index in [0.29, 0.717) is 36.4 Å². The van der Waals surface area contributed by atoms with E-state index in [4.69, 9.17) is 9.97 Å². The van der Waals surface area contributed by atoms with E-state index < -0.39 is 5.60 Å². The van der Waals surface area contributed by atoms with Gasteiger partial charge in [-0.2, -0.15) is 0 Å². The average Bonchev–Trinajstić information content (AvgIpc) is 3.52. The van der Waals surface area contributed by atoms with Gasteiger partial charge in [-0.05, 0) is 93.0 Å². The number of pyridine rings is 1. The molecule has 7 heteroatoms. The van der Waals surface area contributed by atoms with Crippen molar-refractivity contribution < 1.29 is 9.90 Å². The van der Waals surface area contributed by atoms with Gasteiger partial charge in [0.05, 0.1) is 22.3 Å². The Bertz CT molecular complexity index is 1640. The van der Waals surface area contributed by atoms with Crippen LogP contribution >= 0.6 is 0 Å². The van der Waals surface area contributed by atoms with E-state index in [1.54, 1.807) is 0 Å². The minimum Gasteiger partial charge on any atom is -0.385 e. The number of aromatic nitrogens is 4. The van der Waals surface area contributed by atoms with E-state index in [1.807, 2.05) is 31.3 Å². The molecule has 0 bridgehead atoms. The molecule has 3 saturated carbocycles. The summed E-state index contributed by atoms with van der Waals surface area (Å²) in [4.78, 5) is 25.8. The summed E-state index contributed by atoms with van der Waals surface area (Å²) >= 11 is 0. The molecule has 4 aromatic rings. The topological polar surface area (TPSA) is 76.2 Å². The van der Waals surface area contributed by atoms with E-state index in [0.717, 1.165) is 70.5 Å². The zero-order chi connectivity index (χ0) is 24.6. The SMILES string of the molecule is CC1(O)CCn2c(-c3cc4cccnc4n3CC3CC3)nc3cc(C(=O)N4CC5CC6CC4[C@H]65)cc1c32. The largest absolute Gasteiger partial charge is 0.385 e. The van der Waals surface area contributed by atoms with Crippen molar-refractivity contribution in [2.24, 2.45) is 23.7 Å². The molecule has 5 heterocycles. The molecule has 0 radical (unpaired) electrons. The fourth-order valence-corrected chi connectivity index (χ4v) is 8.06. The quantitative estimate of drug-likeness (QED) is 0.452. The molecule has 5 atom stereocenters. The van der Waals surface area contributed by atoms with Gasteiger partial charge in [0.15, 0.2) is 5.82 Å². The maximum Gasteiger partial charge on any atom is 0.254 e. The summed E-state index contributed by atoms with van der Waals surface area (Å²) in [7, 11) is 0. The first kappa shape index (κ1) is 20.8. The van der Waals surface area contributed by atoms with Gasteiger partial charge in [-0.25, -0.2) is 9.97 Å². The van der Waals surface area contributed by atoms with Crippen molar-refractivity contribution >= 4 is 28.0 Å². The number of aryl methyl sites for hydroxylation is 1. The van der Waals surface area contributed by atoms with Crippen LogP contribution in [0.15, 0.2) is 36.5 Å². The molecular weight excluding hydrogens is 462 g/mol. The van der Waals surface area contributed by atoms with Gasteiger partial charge in [-0.3, -0.25) is 4.79 Å². The second-order valence-corrected chi connectivity index (χ2v) is 12.6. The molecule has 5 aliphatic rings. The van der Waals surface area contributed by atoms with Crippen LogP contribution in [-0.4, -0.2) is 47.6 Å². The van der Waals surface area contributed by atoms with Crippen LogP contribution in [0, 0.1) is 23.7 Å². The lowest BCUT2D eigenvalue weighted by Gasteiger charge is -2.52. The molecule has 1 aromatic carbocycles. The zero-order valence-electron chi connectivity index (χ0n) is 21.1. The van der Waals surface area contributed by atoms with Crippen LogP contribution in [0.25, 0.3) is 33.6 Å². The number of benzene rings is 1. The van der Waals surface area contributed by atoms with Gasteiger partial charge in [0, 0.05) is 48.4 Å². The maximum atomic E-state index is 13.8. The standard InChI is InChI=1S/C30H31N5O2/c1-30(37)6-8-33-26-21(30)10-19(29(36)35-15-20-9-18-13-23(35)25(18)20)11-22(26)32-28(33)24-12-17-3-2-7-31-27(17)34(24)14-16-4-5-16/h2-3,7,10-12,16,18,20,23,25,37H,4-6,8-9,13-15H2,1H3/t18?,20?,23?,25-,30?/m1/s1. The summed E-state index contributed by atoms with van der Waals surface area (Å²) in [5, 5.41) is 12.6. The first-order valence-corrected chi connectivity index (χ1v) is 14.0. The molecule has 4 unspecified atom stereocenters. The van der Waals surface area contributed by atoms with Crippen molar-refractivity contribution in [1.29, 1.82) is 0 Å². The Hall–Kier alpha value is -3.19. The van der Waals surface area contributed by atoms with E-state index >= 15 is 0 Å². The third-order valence-electron chi connectivity index (χ3n) is 10.3. The maximum absolute atomic E-state index is 13.8. The van der Waals surface area contributed by atoms with Crippen LogP contribution in [0.4, 0.5) is 0 Å². The number of fused-ring (bicyclic) bond motifs is 1. The molecule has 1 N–H and O–H groups in total. The van der Waals surface area contributed by atoms with Crippen molar-refractivity contribution in [3.63, 3.8) is 0 Å². The summed E-state index contributed by atoms with van der Waals surface area (Å²) in [5.41, 5.74) is 4.36. The molecule has 9 rings (SSSR count). The molecular formula is C30H31N5O2. The Balaban J connectivity index is 1.22. The van der Waals surface area contributed by atoms with Gasteiger partial charge in [-0.1, -0.05) is 0 Å². The molecule has 1 amide bonds. The lowest BCUT2D eigenvalue weighted by atomic mass is 9.53. The van der Waals surface area contributed by atoms with Crippen LogP contribution in [0.2, 0.25) is 0 Å². The second-order valence-electron chi connectivity index (χ2n) is 12.6. The van der Waals surface area contributed by atoms with E-state index in [-0.39, 0.29) is 5.91 Å². The predicted octanol–water partition coefficient (Wildman–Crippen LogP) is 4.55. The smallest absolute Gasteiger partial charge is 0.254 e. The monoisotopic (exact) mass is 493 g/mol. The Kier molecular flexibility index (Phi) is 3.83. The normalized spacial score (nSPS) is 31.5. The number of likely N-dealkylation sites (tertiary alicyclic amines) is 1. The Labute approximate surface area is 215 Å². The molecule has 1 saturated heterocycles. The molecule has 2 aliphatic heterocycles. The third-order valence-corrected chi connectivity index (χ3v) is 10.3. The molecule has 0 spiro atoms. The third kappa shape index (κ3) is 2.73. The Morgan fingerprint density at radius 1 is 1.19 bits per heavy atom. The van der Waals surface area contributed by atoms with Crippen LogP contribution in [0.1, 0.15) is 54.9 Å². The highest BCUT2D eigenvalue weighted by Gasteiger charge is 2.61. The average molecular weight is 494 g/mol. The number of hydrogen-bond acceptors (Lipinski definition) is 4. The highest BCUT2D eigenvalue weighted by Crippen LogP contribution is 2.60. The van der Waals surface area contributed by atoms with Gasteiger partial charge < -0.3 is 19.1 Å². The number of carbonyl (C=O) groups is 1. The van der Waals surface area contributed by atoms with Crippen LogP contribution in [-0.2, 0) is 18.7 Å². The summed E-state index contributed by atoms with van der Waals surface area (Å²) in [6, 6.07) is 10.7. The number of rotatable bonds is 4. The second kappa shape index (κ2) is 6.81. The number of aliphatic hydroxyl groups is 1. The summed E-state index contributed by atoms with van der Waals surface area (Å²) in [6.45, 7) is 4.42. The molecule has 3 aliphatic carbocycles. The first-order valence-electron chi connectivity index (χ1n) is 14.0. The van der Waals surface area contributed by atoms with E-state index in [1.165, 1.54) is 19.3 Å². The summed E-state index contributed by atoms with van der Waals surface area (Å²) in [6.07, 6.45) is 7.44. The molecule has 7 nitrogen and oxygen atoms in total. The fraction of sp³-hybridized carbons (Fsp3) is 0.500. The first-order chi connectivity index (χ1) is 18.0. The lowest BCUT2D eigenvalue weighted by Crippen LogP contribution is -2.53. The minimum absolute atomic E-state index is 0.112. The number of imidazole rings is 1. The van der Waals surface area contributed by atoms with Gasteiger partial charge in [0.25, 0.3) is 5.91 Å². The van der Waals surface area contributed by atoms with Gasteiger partial charge in [-0.15, -0.1) is 0 Å². The van der Waals surface area contributed by atoms with Gasteiger partial charge in [0.2, 0.25) is 0 Å². The lowest BCUT2D eigenvalue weighted by molar-refractivity contribution is -0.0204. The van der Waals surface area contributed by atoms with Crippen LogP contribution in [0.5, 0.6) is 0 Å². The van der Waals surface area contributed by atoms with Crippen molar-refractivity contribution in [3.8, 4) is 11.5 Å². The molecule has 37 heavy (non-hydrogen) atoms. The Morgan fingerprint density at radius 2 is 2.08 bits per heavy atom. The number of nitrogens with zero attached hydrogens (tertiary/aromatic N) is 5. The van der Waals surface area contributed by atoms with Crippen molar-refractivity contribution in [3.05, 3.63) is 47.7 Å². The number of carbonyl (C=O) groups excluding carboxylic acids is 1. The van der Waals surface area contributed by atoms with Crippen molar-refractivity contribution in [2.75, 3.05) is 6.54 Å². The van der Waals surface area contributed by atoms with E-state index in [9.17, 15) is 9.90 Å². The summed E-state index contributed by atoms with van der Waals surface area (Å²) < 4.78 is 4.60. The van der Waals surface area contributed by atoms with Crippen molar-refractivity contribution in [2.45, 2.75) is 63.8 Å². The van der Waals surface area contributed by atoms with Gasteiger partial charge >= 0.3 is 0 Å². The van der Waals surface area contributed by atoms with E-state index in [2.05, 4.69) is 26.2 Å². The van der Waals surface area contributed by atoms with Crippen LogP contribution in [0.3, 0.4) is 0 Å². The highest BCUT2D eigenvalue weighted by atomic mass is 16.3. The van der Waals surface area contributed by atoms with Crippen molar-refractivity contribution in [1.82, 2.24) is 24.0 Å². The van der Waals surface area contributed by atoms with Gasteiger partial charge in [0.1, 0.15) is 5.65 Å². The number of amides is 1.